The summed E-state index contributed by atoms with van der Waals surface area (Å²) in [5.41, 5.74) is 1.01. The van der Waals surface area contributed by atoms with E-state index in [2.05, 4.69) is 10.0 Å². The van der Waals surface area contributed by atoms with Crippen LogP contribution in [-0.4, -0.2) is 21.4 Å². The number of anilines is 2. The Morgan fingerprint density at radius 2 is 1.64 bits per heavy atom. The first kappa shape index (κ1) is 19.7. The largest absolute Gasteiger partial charge is 0.495 e. The fraction of sp³-hybridized carbons (Fsp3) is 0.0500. The number of methoxy groups -OCH3 is 1. The number of sulfonamides is 1. The van der Waals surface area contributed by atoms with Gasteiger partial charge in [0.25, 0.3) is 15.9 Å². The minimum atomic E-state index is -4.01. The third-order valence-electron chi connectivity index (χ3n) is 3.87. The Morgan fingerprint density at radius 3 is 2.32 bits per heavy atom. The maximum atomic E-state index is 12.9. The van der Waals surface area contributed by atoms with Crippen molar-refractivity contribution in [1.29, 1.82) is 0 Å². The number of ether oxygens (including phenoxy) is 1. The maximum Gasteiger partial charge on any atom is 0.265 e. The zero-order valence-electron chi connectivity index (χ0n) is 14.8. The summed E-state index contributed by atoms with van der Waals surface area (Å²) in [6.45, 7) is 0. The van der Waals surface area contributed by atoms with Crippen molar-refractivity contribution in [2.45, 2.75) is 4.90 Å². The Labute approximate surface area is 168 Å². The first-order chi connectivity index (χ1) is 13.4. The number of hydrogen-bond donors (Lipinski definition) is 2. The van der Waals surface area contributed by atoms with Crippen molar-refractivity contribution in [2.75, 3.05) is 17.1 Å². The van der Waals surface area contributed by atoms with E-state index >= 15 is 0 Å². The number of para-hydroxylation sites is 1. The second-order valence-corrected chi connectivity index (χ2v) is 7.83. The summed E-state index contributed by atoms with van der Waals surface area (Å²) < 4.78 is 33.4. The van der Waals surface area contributed by atoms with Gasteiger partial charge in [-0.05, 0) is 42.5 Å². The lowest BCUT2D eigenvalue weighted by atomic mass is 10.2. The van der Waals surface area contributed by atoms with Crippen molar-refractivity contribution in [3.63, 3.8) is 0 Å². The molecule has 0 heterocycles. The number of halogens is 1. The van der Waals surface area contributed by atoms with Crippen LogP contribution in [0.15, 0.2) is 77.7 Å². The van der Waals surface area contributed by atoms with Crippen LogP contribution in [0.2, 0.25) is 5.02 Å². The lowest BCUT2D eigenvalue weighted by molar-refractivity contribution is 0.102. The van der Waals surface area contributed by atoms with Gasteiger partial charge in [0.1, 0.15) is 10.6 Å². The van der Waals surface area contributed by atoms with Gasteiger partial charge in [-0.1, -0.05) is 41.9 Å². The molecule has 8 heteroatoms. The van der Waals surface area contributed by atoms with E-state index < -0.39 is 10.0 Å². The molecular formula is C20H17ClN2O4S. The highest BCUT2D eigenvalue weighted by Gasteiger charge is 2.22. The standard InChI is InChI=1S/C20H17ClN2O4S/c1-27-18-12-11-15(22-20(24)14-7-3-2-4-8-14)13-19(18)28(25,26)23-17-10-6-5-9-16(17)21/h2-13,23H,1H3,(H,22,24). The van der Waals surface area contributed by atoms with Gasteiger partial charge in [0.05, 0.1) is 17.8 Å². The van der Waals surface area contributed by atoms with Gasteiger partial charge in [-0.2, -0.15) is 0 Å². The number of carbonyl (C=O) groups is 1. The molecule has 3 rings (SSSR count). The highest BCUT2D eigenvalue weighted by Crippen LogP contribution is 2.31. The van der Waals surface area contributed by atoms with Crippen molar-refractivity contribution in [3.05, 3.63) is 83.4 Å². The van der Waals surface area contributed by atoms with E-state index in [1.165, 1.54) is 19.2 Å². The van der Waals surface area contributed by atoms with Gasteiger partial charge >= 0.3 is 0 Å². The second-order valence-electron chi connectivity index (χ2n) is 5.77. The fourth-order valence-electron chi connectivity index (χ4n) is 2.50. The normalized spacial score (nSPS) is 10.9. The lowest BCUT2D eigenvalue weighted by Gasteiger charge is -2.14. The molecule has 0 bridgehead atoms. The topological polar surface area (TPSA) is 84.5 Å². The van der Waals surface area contributed by atoms with Gasteiger partial charge in [0.15, 0.2) is 0 Å². The highest BCUT2D eigenvalue weighted by molar-refractivity contribution is 7.92. The molecule has 0 radical (unpaired) electrons. The molecule has 0 spiro atoms. The van der Waals surface area contributed by atoms with Crippen LogP contribution < -0.4 is 14.8 Å². The van der Waals surface area contributed by atoms with E-state index in [1.54, 1.807) is 60.7 Å². The van der Waals surface area contributed by atoms with E-state index in [-0.39, 0.29) is 27.3 Å². The zero-order chi connectivity index (χ0) is 20.1. The molecule has 0 aliphatic rings. The molecule has 2 N–H and O–H groups in total. The smallest absolute Gasteiger partial charge is 0.265 e. The summed E-state index contributed by atoms with van der Waals surface area (Å²) in [7, 11) is -2.65. The summed E-state index contributed by atoms with van der Waals surface area (Å²) in [5, 5.41) is 2.95. The molecule has 0 aliphatic heterocycles. The number of carbonyl (C=O) groups excluding carboxylic acids is 1. The summed E-state index contributed by atoms with van der Waals surface area (Å²) in [6.07, 6.45) is 0. The molecule has 0 saturated carbocycles. The predicted molar refractivity (Wildman–Crippen MR) is 110 cm³/mol. The number of hydrogen-bond acceptors (Lipinski definition) is 4. The van der Waals surface area contributed by atoms with Crippen LogP contribution in [0, 0.1) is 0 Å². The second kappa shape index (κ2) is 8.33. The number of rotatable bonds is 6. The molecule has 1 amide bonds. The average molecular weight is 417 g/mol. The highest BCUT2D eigenvalue weighted by atomic mass is 35.5. The fourth-order valence-corrected chi connectivity index (χ4v) is 4.02. The minimum absolute atomic E-state index is 0.124. The molecule has 0 fully saturated rings. The maximum absolute atomic E-state index is 12.9. The molecule has 28 heavy (non-hydrogen) atoms. The third-order valence-corrected chi connectivity index (χ3v) is 5.58. The van der Waals surface area contributed by atoms with Gasteiger partial charge in [-0.3, -0.25) is 9.52 Å². The van der Waals surface area contributed by atoms with Crippen molar-refractivity contribution in [2.24, 2.45) is 0 Å². The molecule has 3 aromatic carbocycles. The van der Waals surface area contributed by atoms with Gasteiger partial charge in [-0.15, -0.1) is 0 Å². The first-order valence-electron chi connectivity index (χ1n) is 8.22. The summed E-state index contributed by atoms with van der Waals surface area (Å²) in [6, 6.07) is 19.5. The molecule has 3 aromatic rings. The molecule has 0 saturated heterocycles. The molecule has 144 valence electrons. The van der Waals surface area contributed by atoms with Crippen molar-refractivity contribution >= 4 is 38.9 Å². The Bertz CT molecular complexity index is 1100. The van der Waals surface area contributed by atoms with Crippen LogP contribution in [0.3, 0.4) is 0 Å². The lowest BCUT2D eigenvalue weighted by Crippen LogP contribution is -2.16. The number of amides is 1. The molecule has 0 aliphatic carbocycles. The van der Waals surface area contributed by atoms with Crippen molar-refractivity contribution < 1.29 is 17.9 Å². The van der Waals surface area contributed by atoms with Gasteiger partial charge < -0.3 is 10.1 Å². The van der Waals surface area contributed by atoms with E-state index in [1.807, 2.05) is 0 Å². The minimum Gasteiger partial charge on any atom is -0.495 e. The van der Waals surface area contributed by atoms with Gasteiger partial charge in [0, 0.05) is 11.3 Å². The van der Waals surface area contributed by atoms with Crippen LogP contribution in [0.1, 0.15) is 10.4 Å². The summed E-state index contributed by atoms with van der Waals surface area (Å²) in [4.78, 5) is 12.2. The molecule has 0 atom stereocenters. The zero-order valence-corrected chi connectivity index (χ0v) is 16.4. The quantitative estimate of drug-likeness (QED) is 0.623. The molecular weight excluding hydrogens is 400 g/mol. The van der Waals surface area contributed by atoms with Crippen LogP contribution in [-0.2, 0) is 10.0 Å². The first-order valence-corrected chi connectivity index (χ1v) is 10.1. The van der Waals surface area contributed by atoms with E-state index in [9.17, 15) is 13.2 Å². The van der Waals surface area contributed by atoms with E-state index in [0.717, 1.165) is 0 Å². The van der Waals surface area contributed by atoms with Crippen molar-refractivity contribution in [1.82, 2.24) is 0 Å². The number of benzene rings is 3. The summed E-state index contributed by atoms with van der Waals surface area (Å²) in [5.74, 6) is -0.217. The average Bonchev–Trinajstić information content (AvgIpc) is 2.70. The van der Waals surface area contributed by atoms with Crippen LogP contribution in [0.5, 0.6) is 5.75 Å². The van der Waals surface area contributed by atoms with E-state index in [0.29, 0.717) is 11.3 Å². The number of nitrogens with one attached hydrogen (secondary N) is 2. The SMILES string of the molecule is COc1ccc(NC(=O)c2ccccc2)cc1S(=O)(=O)Nc1ccccc1Cl. The Balaban J connectivity index is 1.92. The van der Waals surface area contributed by atoms with E-state index in [4.69, 9.17) is 16.3 Å². The van der Waals surface area contributed by atoms with Crippen molar-refractivity contribution in [3.8, 4) is 5.75 Å². The monoisotopic (exact) mass is 416 g/mol. The van der Waals surface area contributed by atoms with Crippen LogP contribution in [0.25, 0.3) is 0 Å². The molecule has 0 aromatic heterocycles. The van der Waals surface area contributed by atoms with Gasteiger partial charge in [0.2, 0.25) is 0 Å². The predicted octanol–water partition coefficient (Wildman–Crippen LogP) is 4.40. The van der Waals surface area contributed by atoms with Crippen LogP contribution in [0.4, 0.5) is 11.4 Å². The Morgan fingerprint density at radius 1 is 0.964 bits per heavy atom. The summed E-state index contributed by atoms with van der Waals surface area (Å²) >= 11 is 6.04. The van der Waals surface area contributed by atoms with Crippen LogP contribution >= 0.6 is 11.6 Å². The molecule has 0 unspecified atom stereocenters. The Kier molecular flexibility index (Phi) is 5.87. The van der Waals surface area contributed by atoms with Gasteiger partial charge in [-0.25, -0.2) is 8.42 Å². The Hall–Kier alpha value is -3.03. The third kappa shape index (κ3) is 4.44. The molecule has 6 nitrogen and oxygen atoms in total.